The average Bonchev–Trinajstić information content (AvgIpc) is 2.98. The Hall–Kier alpha value is -1.92. The van der Waals surface area contributed by atoms with Gasteiger partial charge in [-0.05, 0) is 50.9 Å². The highest BCUT2D eigenvalue weighted by Crippen LogP contribution is 2.18. The summed E-state index contributed by atoms with van der Waals surface area (Å²) in [6.07, 6.45) is 5.07. The SMILES string of the molecule is Cc1nccn1-c1ccc(CNC(=O)[C@H]2CCN[C@@H](C)C2)cc1F.Cl. The van der Waals surface area contributed by atoms with E-state index in [0.29, 0.717) is 18.3 Å². The van der Waals surface area contributed by atoms with E-state index in [1.807, 2.05) is 13.0 Å². The number of hydrogen-bond acceptors (Lipinski definition) is 3. The number of imidazole rings is 1. The minimum Gasteiger partial charge on any atom is -0.352 e. The van der Waals surface area contributed by atoms with E-state index in [1.54, 1.807) is 23.0 Å². The van der Waals surface area contributed by atoms with Crippen LogP contribution in [0.1, 0.15) is 31.2 Å². The molecule has 5 nitrogen and oxygen atoms in total. The summed E-state index contributed by atoms with van der Waals surface area (Å²) in [5, 5.41) is 6.26. The average molecular weight is 367 g/mol. The van der Waals surface area contributed by atoms with Crippen LogP contribution in [0.15, 0.2) is 30.6 Å². The number of aryl methyl sites for hydroxylation is 1. The maximum atomic E-state index is 14.4. The van der Waals surface area contributed by atoms with Crippen molar-refractivity contribution < 1.29 is 9.18 Å². The summed E-state index contributed by atoms with van der Waals surface area (Å²) in [4.78, 5) is 16.4. The number of carbonyl (C=O) groups excluding carboxylic acids is 1. The van der Waals surface area contributed by atoms with Gasteiger partial charge in [0.2, 0.25) is 5.91 Å². The predicted molar refractivity (Wildman–Crippen MR) is 97.5 cm³/mol. The molecule has 0 unspecified atom stereocenters. The van der Waals surface area contributed by atoms with Crippen molar-refractivity contribution in [2.45, 2.75) is 39.3 Å². The Morgan fingerprint density at radius 1 is 1.48 bits per heavy atom. The van der Waals surface area contributed by atoms with E-state index in [1.165, 1.54) is 6.07 Å². The molecule has 1 saturated heterocycles. The minimum absolute atomic E-state index is 0. The van der Waals surface area contributed by atoms with Gasteiger partial charge in [-0.2, -0.15) is 0 Å². The topological polar surface area (TPSA) is 59.0 Å². The summed E-state index contributed by atoms with van der Waals surface area (Å²) in [7, 11) is 0. The van der Waals surface area contributed by atoms with E-state index in [0.717, 1.165) is 30.8 Å². The van der Waals surface area contributed by atoms with E-state index in [-0.39, 0.29) is 30.0 Å². The fraction of sp³-hybridized carbons (Fsp3) is 0.444. The van der Waals surface area contributed by atoms with Gasteiger partial charge < -0.3 is 15.2 Å². The second-order valence-corrected chi connectivity index (χ2v) is 6.42. The summed E-state index contributed by atoms with van der Waals surface area (Å²) in [6, 6.07) is 5.39. The predicted octanol–water partition coefficient (Wildman–Crippen LogP) is 2.75. The van der Waals surface area contributed by atoms with Crippen molar-refractivity contribution in [3.63, 3.8) is 0 Å². The van der Waals surface area contributed by atoms with Gasteiger partial charge in [-0.3, -0.25) is 4.79 Å². The zero-order chi connectivity index (χ0) is 17.1. The van der Waals surface area contributed by atoms with Crippen molar-refractivity contribution in [1.82, 2.24) is 20.2 Å². The molecule has 2 heterocycles. The molecule has 7 heteroatoms. The quantitative estimate of drug-likeness (QED) is 0.874. The van der Waals surface area contributed by atoms with Crippen LogP contribution in [0.5, 0.6) is 0 Å². The number of hydrogen-bond donors (Lipinski definition) is 2. The second kappa shape index (κ2) is 8.45. The summed E-state index contributed by atoms with van der Waals surface area (Å²) in [5.74, 6) is 0.505. The Balaban J connectivity index is 0.00000225. The molecule has 136 valence electrons. The third-order valence-corrected chi connectivity index (χ3v) is 4.56. The molecule has 1 aromatic carbocycles. The third-order valence-electron chi connectivity index (χ3n) is 4.56. The summed E-state index contributed by atoms with van der Waals surface area (Å²) < 4.78 is 16.1. The molecule has 1 aromatic heterocycles. The molecular formula is C18H24ClFN4O. The summed E-state index contributed by atoms with van der Waals surface area (Å²) in [6.45, 7) is 5.13. The standard InChI is InChI=1S/C18H23FN4O.ClH/c1-12-9-15(5-6-20-12)18(24)22-11-14-3-4-17(16(19)10-14)23-8-7-21-13(23)2;/h3-4,7-8,10,12,15,20H,5-6,9,11H2,1-2H3,(H,22,24);1H/t12-,15-;/m0./s1. The molecule has 25 heavy (non-hydrogen) atoms. The van der Waals surface area contributed by atoms with E-state index >= 15 is 0 Å². The normalized spacial score (nSPS) is 20.0. The molecule has 0 saturated carbocycles. The van der Waals surface area contributed by atoms with Crippen LogP contribution in [-0.2, 0) is 11.3 Å². The number of piperidine rings is 1. The second-order valence-electron chi connectivity index (χ2n) is 6.42. The molecule has 2 atom stereocenters. The van der Waals surface area contributed by atoms with Crippen molar-refractivity contribution >= 4 is 18.3 Å². The summed E-state index contributed by atoms with van der Waals surface area (Å²) >= 11 is 0. The first-order chi connectivity index (χ1) is 11.5. The number of nitrogens with one attached hydrogen (secondary N) is 2. The number of amides is 1. The fourth-order valence-electron chi connectivity index (χ4n) is 3.19. The number of halogens is 2. The smallest absolute Gasteiger partial charge is 0.223 e. The highest BCUT2D eigenvalue weighted by atomic mass is 35.5. The molecule has 3 rings (SSSR count). The van der Waals surface area contributed by atoms with Gasteiger partial charge in [0.05, 0.1) is 5.69 Å². The molecule has 1 aliphatic rings. The molecule has 0 spiro atoms. The Morgan fingerprint density at radius 3 is 2.92 bits per heavy atom. The molecule has 0 aliphatic carbocycles. The lowest BCUT2D eigenvalue weighted by molar-refractivity contribution is -0.126. The van der Waals surface area contributed by atoms with Crippen LogP contribution in [0, 0.1) is 18.7 Å². The van der Waals surface area contributed by atoms with Crippen LogP contribution < -0.4 is 10.6 Å². The van der Waals surface area contributed by atoms with Crippen LogP contribution in [0.2, 0.25) is 0 Å². The Morgan fingerprint density at radius 2 is 2.28 bits per heavy atom. The van der Waals surface area contributed by atoms with Gasteiger partial charge in [-0.15, -0.1) is 12.4 Å². The molecule has 2 N–H and O–H groups in total. The van der Waals surface area contributed by atoms with E-state index < -0.39 is 0 Å². The van der Waals surface area contributed by atoms with Crippen molar-refractivity contribution in [3.8, 4) is 5.69 Å². The van der Waals surface area contributed by atoms with Crippen molar-refractivity contribution in [2.24, 2.45) is 5.92 Å². The molecule has 2 aromatic rings. The number of nitrogens with zero attached hydrogens (tertiary/aromatic N) is 2. The Kier molecular flexibility index (Phi) is 6.56. The zero-order valence-electron chi connectivity index (χ0n) is 14.5. The van der Waals surface area contributed by atoms with E-state index in [9.17, 15) is 9.18 Å². The first-order valence-corrected chi connectivity index (χ1v) is 8.34. The number of benzene rings is 1. The first kappa shape index (κ1) is 19.4. The maximum Gasteiger partial charge on any atom is 0.223 e. The van der Waals surface area contributed by atoms with Crippen LogP contribution in [-0.4, -0.2) is 28.0 Å². The van der Waals surface area contributed by atoms with Crippen LogP contribution >= 0.6 is 12.4 Å². The maximum absolute atomic E-state index is 14.4. The van der Waals surface area contributed by atoms with Crippen molar-refractivity contribution in [1.29, 1.82) is 0 Å². The molecular weight excluding hydrogens is 343 g/mol. The van der Waals surface area contributed by atoms with E-state index in [2.05, 4.69) is 22.5 Å². The van der Waals surface area contributed by atoms with Gasteiger partial charge in [0.15, 0.2) is 0 Å². The first-order valence-electron chi connectivity index (χ1n) is 8.34. The van der Waals surface area contributed by atoms with Crippen LogP contribution in [0.3, 0.4) is 0 Å². The highest BCUT2D eigenvalue weighted by Gasteiger charge is 2.24. The molecule has 1 fully saturated rings. The fourth-order valence-corrected chi connectivity index (χ4v) is 3.19. The van der Waals surface area contributed by atoms with Gasteiger partial charge in [-0.1, -0.05) is 6.07 Å². The van der Waals surface area contributed by atoms with Crippen LogP contribution in [0.4, 0.5) is 4.39 Å². The molecule has 0 radical (unpaired) electrons. The molecule has 0 bridgehead atoms. The lowest BCUT2D eigenvalue weighted by Gasteiger charge is -2.27. The van der Waals surface area contributed by atoms with Gasteiger partial charge >= 0.3 is 0 Å². The van der Waals surface area contributed by atoms with Crippen molar-refractivity contribution in [3.05, 3.63) is 47.8 Å². The number of rotatable bonds is 4. The van der Waals surface area contributed by atoms with Gasteiger partial charge in [0.25, 0.3) is 0 Å². The highest BCUT2D eigenvalue weighted by molar-refractivity contribution is 5.85. The van der Waals surface area contributed by atoms with Gasteiger partial charge in [-0.25, -0.2) is 9.37 Å². The number of aromatic nitrogens is 2. The monoisotopic (exact) mass is 366 g/mol. The minimum atomic E-state index is -0.321. The Bertz CT molecular complexity index is 734. The molecule has 1 amide bonds. The van der Waals surface area contributed by atoms with Crippen molar-refractivity contribution in [2.75, 3.05) is 6.54 Å². The van der Waals surface area contributed by atoms with Gasteiger partial charge in [0, 0.05) is 30.9 Å². The summed E-state index contributed by atoms with van der Waals surface area (Å²) in [5.41, 5.74) is 1.22. The van der Waals surface area contributed by atoms with Crippen LogP contribution in [0.25, 0.3) is 5.69 Å². The zero-order valence-corrected chi connectivity index (χ0v) is 15.3. The Labute approximate surface area is 153 Å². The largest absolute Gasteiger partial charge is 0.352 e. The third kappa shape index (κ3) is 4.58. The van der Waals surface area contributed by atoms with E-state index in [4.69, 9.17) is 0 Å². The molecule has 1 aliphatic heterocycles. The van der Waals surface area contributed by atoms with Gasteiger partial charge in [0.1, 0.15) is 11.6 Å². The lowest BCUT2D eigenvalue weighted by atomic mass is 9.92. The lowest BCUT2D eigenvalue weighted by Crippen LogP contribution is -2.42. The number of carbonyl (C=O) groups is 1.